The van der Waals surface area contributed by atoms with Gasteiger partial charge in [0.05, 0.1) is 12.3 Å². The lowest BCUT2D eigenvalue weighted by Crippen LogP contribution is -2.29. The van der Waals surface area contributed by atoms with Crippen LogP contribution >= 0.6 is 0 Å². The van der Waals surface area contributed by atoms with E-state index in [2.05, 4.69) is 0 Å². The Morgan fingerprint density at radius 3 is 3.13 bits per heavy atom. The average Bonchev–Trinajstić information content (AvgIpc) is 2.60. The molecule has 0 unspecified atom stereocenters. The normalized spacial score (nSPS) is 13.8. The van der Waals surface area contributed by atoms with Crippen LogP contribution in [0.15, 0.2) is 18.2 Å². The summed E-state index contributed by atoms with van der Waals surface area (Å²) in [5.41, 5.74) is 1.83. The van der Waals surface area contributed by atoms with E-state index in [1.807, 2.05) is 6.07 Å². The molecule has 1 N–H and O–H groups in total. The number of anilines is 1. The fourth-order valence-electron chi connectivity index (χ4n) is 1.76. The number of amides is 1. The Balaban J connectivity index is 2.27. The summed E-state index contributed by atoms with van der Waals surface area (Å²) in [4.78, 5) is 13.1. The molecule has 2 rings (SSSR count). The van der Waals surface area contributed by atoms with Gasteiger partial charge in [-0.2, -0.15) is 0 Å². The van der Waals surface area contributed by atoms with Crippen LogP contribution in [0.3, 0.4) is 0 Å². The molecule has 4 nitrogen and oxygen atoms in total. The monoisotopic (exact) mass is 207 g/mol. The molecule has 0 aliphatic carbocycles. The smallest absolute Gasteiger partial charge is 0.414 e. The minimum atomic E-state index is -0.346. The highest BCUT2D eigenvalue weighted by molar-refractivity contribution is 5.90. The molecule has 1 amide bonds. The summed E-state index contributed by atoms with van der Waals surface area (Å²) in [6, 6.07) is 5.07. The lowest BCUT2D eigenvalue weighted by molar-refractivity contribution is 0.160. The molecule has 0 saturated heterocycles. The summed E-state index contributed by atoms with van der Waals surface area (Å²) < 4.78 is 4.93. The van der Waals surface area contributed by atoms with Gasteiger partial charge in [-0.15, -0.1) is 0 Å². The molecular formula is C11H13NO3. The van der Waals surface area contributed by atoms with E-state index >= 15 is 0 Å². The number of phenolic OH excluding ortho intramolecular Hbond substituents is 1. The Morgan fingerprint density at radius 1 is 1.60 bits per heavy atom. The van der Waals surface area contributed by atoms with Crippen LogP contribution in [0.2, 0.25) is 0 Å². The number of benzene rings is 1. The molecule has 1 aromatic carbocycles. The minimum Gasteiger partial charge on any atom is -0.508 e. The first kappa shape index (κ1) is 9.83. The number of nitrogens with zero attached hydrogens (tertiary/aromatic N) is 1. The largest absolute Gasteiger partial charge is 0.508 e. The Kier molecular flexibility index (Phi) is 2.49. The fourth-order valence-corrected chi connectivity index (χ4v) is 1.76. The maximum absolute atomic E-state index is 11.5. The van der Waals surface area contributed by atoms with Gasteiger partial charge in [-0.25, -0.2) is 4.79 Å². The van der Waals surface area contributed by atoms with Crippen molar-refractivity contribution in [2.45, 2.75) is 13.3 Å². The highest BCUT2D eigenvalue weighted by atomic mass is 16.6. The molecule has 0 radical (unpaired) electrons. The maximum Gasteiger partial charge on any atom is 0.414 e. The molecule has 0 bridgehead atoms. The average molecular weight is 207 g/mol. The molecule has 0 saturated carbocycles. The molecule has 1 aliphatic rings. The van der Waals surface area contributed by atoms with E-state index in [4.69, 9.17) is 4.74 Å². The molecule has 0 spiro atoms. The van der Waals surface area contributed by atoms with E-state index in [9.17, 15) is 9.90 Å². The van der Waals surface area contributed by atoms with Crippen molar-refractivity contribution >= 4 is 11.8 Å². The predicted molar refractivity (Wildman–Crippen MR) is 56.2 cm³/mol. The van der Waals surface area contributed by atoms with Gasteiger partial charge in [-0.05, 0) is 25.0 Å². The van der Waals surface area contributed by atoms with Crippen molar-refractivity contribution in [2.75, 3.05) is 18.1 Å². The Bertz CT molecular complexity index is 389. The lowest BCUT2D eigenvalue weighted by atomic mass is 10.1. The zero-order valence-corrected chi connectivity index (χ0v) is 8.56. The van der Waals surface area contributed by atoms with Crippen LogP contribution < -0.4 is 4.90 Å². The summed E-state index contributed by atoms with van der Waals surface area (Å²) in [5.74, 6) is 0.171. The van der Waals surface area contributed by atoms with Gasteiger partial charge in [0, 0.05) is 12.6 Å². The Hall–Kier alpha value is -1.71. The summed E-state index contributed by atoms with van der Waals surface area (Å²) >= 11 is 0. The van der Waals surface area contributed by atoms with Gasteiger partial charge in [0.2, 0.25) is 0 Å². The first-order valence-corrected chi connectivity index (χ1v) is 4.98. The van der Waals surface area contributed by atoms with Gasteiger partial charge in [0.15, 0.2) is 0 Å². The standard InChI is InChI=1S/C11H13NO3/c1-2-15-11(14)12-6-5-8-3-4-9(13)7-10(8)12/h3-4,7,13H,2,5-6H2,1H3. The second-order valence-corrected chi connectivity index (χ2v) is 3.41. The van der Waals surface area contributed by atoms with Crippen LogP contribution in [0.5, 0.6) is 5.75 Å². The zero-order chi connectivity index (χ0) is 10.8. The molecule has 1 aromatic rings. The topological polar surface area (TPSA) is 49.8 Å². The van der Waals surface area contributed by atoms with E-state index in [0.29, 0.717) is 13.2 Å². The lowest BCUT2D eigenvalue weighted by Gasteiger charge is -2.16. The van der Waals surface area contributed by atoms with Crippen LogP contribution in [0.1, 0.15) is 12.5 Å². The molecular weight excluding hydrogens is 194 g/mol. The third-order valence-electron chi connectivity index (χ3n) is 2.45. The van der Waals surface area contributed by atoms with Gasteiger partial charge in [0.25, 0.3) is 0 Å². The van der Waals surface area contributed by atoms with E-state index < -0.39 is 0 Å². The first-order chi connectivity index (χ1) is 7.22. The van der Waals surface area contributed by atoms with Crippen LogP contribution in [0, 0.1) is 0 Å². The molecule has 0 fully saturated rings. The molecule has 15 heavy (non-hydrogen) atoms. The predicted octanol–water partition coefficient (Wildman–Crippen LogP) is 1.91. The zero-order valence-electron chi connectivity index (χ0n) is 8.56. The SMILES string of the molecule is CCOC(=O)N1CCc2ccc(O)cc21. The second kappa shape index (κ2) is 3.81. The fraction of sp³-hybridized carbons (Fsp3) is 0.364. The number of phenols is 1. The molecule has 1 heterocycles. The number of carbonyl (C=O) groups is 1. The van der Waals surface area contributed by atoms with Gasteiger partial charge in [-0.1, -0.05) is 6.07 Å². The third-order valence-corrected chi connectivity index (χ3v) is 2.45. The van der Waals surface area contributed by atoms with Crippen LogP contribution in [0.25, 0.3) is 0 Å². The van der Waals surface area contributed by atoms with Gasteiger partial charge in [-0.3, -0.25) is 4.90 Å². The number of rotatable bonds is 1. The number of fused-ring (bicyclic) bond motifs is 1. The van der Waals surface area contributed by atoms with E-state index in [-0.39, 0.29) is 11.8 Å². The van der Waals surface area contributed by atoms with Crippen molar-refractivity contribution in [3.8, 4) is 5.75 Å². The van der Waals surface area contributed by atoms with Crippen molar-refractivity contribution < 1.29 is 14.6 Å². The van der Waals surface area contributed by atoms with Gasteiger partial charge in [0.1, 0.15) is 5.75 Å². The summed E-state index contributed by atoms with van der Waals surface area (Å²) in [5, 5.41) is 9.35. The van der Waals surface area contributed by atoms with Gasteiger partial charge < -0.3 is 9.84 Å². The van der Waals surface area contributed by atoms with Crippen molar-refractivity contribution in [2.24, 2.45) is 0 Å². The summed E-state index contributed by atoms with van der Waals surface area (Å²) in [7, 11) is 0. The van der Waals surface area contributed by atoms with E-state index in [0.717, 1.165) is 17.7 Å². The number of carbonyl (C=O) groups excluding carboxylic acids is 1. The number of aromatic hydroxyl groups is 1. The van der Waals surface area contributed by atoms with Gasteiger partial charge >= 0.3 is 6.09 Å². The Labute approximate surface area is 88.1 Å². The first-order valence-electron chi connectivity index (χ1n) is 4.98. The number of ether oxygens (including phenoxy) is 1. The Morgan fingerprint density at radius 2 is 2.40 bits per heavy atom. The molecule has 0 atom stereocenters. The highest BCUT2D eigenvalue weighted by Gasteiger charge is 2.25. The number of hydrogen-bond donors (Lipinski definition) is 1. The van der Waals surface area contributed by atoms with Crippen LogP contribution in [-0.4, -0.2) is 24.4 Å². The number of hydrogen-bond acceptors (Lipinski definition) is 3. The maximum atomic E-state index is 11.5. The van der Waals surface area contributed by atoms with Crippen molar-refractivity contribution in [1.29, 1.82) is 0 Å². The summed E-state index contributed by atoms with van der Waals surface area (Å²) in [6.07, 6.45) is 0.468. The quantitative estimate of drug-likeness (QED) is 0.765. The van der Waals surface area contributed by atoms with Crippen LogP contribution in [-0.2, 0) is 11.2 Å². The molecule has 80 valence electrons. The summed E-state index contributed by atoms with van der Waals surface area (Å²) in [6.45, 7) is 2.76. The van der Waals surface area contributed by atoms with Crippen molar-refractivity contribution in [3.05, 3.63) is 23.8 Å². The van der Waals surface area contributed by atoms with E-state index in [1.54, 1.807) is 24.0 Å². The van der Waals surface area contributed by atoms with Crippen molar-refractivity contribution in [1.82, 2.24) is 0 Å². The van der Waals surface area contributed by atoms with Crippen molar-refractivity contribution in [3.63, 3.8) is 0 Å². The molecule has 4 heteroatoms. The third kappa shape index (κ3) is 1.75. The minimum absolute atomic E-state index is 0.171. The van der Waals surface area contributed by atoms with Crippen LogP contribution in [0.4, 0.5) is 10.5 Å². The second-order valence-electron chi connectivity index (χ2n) is 3.41. The molecule has 1 aliphatic heterocycles. The molecule has 0 aromatic heterocycles. The van der Waals surface area contributed by atoms with E-state index in [1.165, 1.54) is 0 Å². The highest BCUT2D eigenvalue weighted by Crippen LogP contribution is 2.31.